The van der Waals surface area contributed by atoms with Crippen LogP contribution in [0.5, 0.6) is 0 Å². The Hall–Kier alpha value is -0.630. The third kappa shape index (κ3) is 4.39. The van der Waals surface area contributed by atoms with Gasteiger partial charge in [0.2, 0.25) is 0 Å². The lowest BCUT2D eigenvalue weighted by Crippen LogP contribution is -2.50. The van der Waals surface area contributed by atoms with Crippen molar-refractivity contribution in [3.8, 4) is 0 Å². The summed E-state index contributed by atoms with van der Waals surface area (Å²) >= 11 is 0. The zero-order valence-corrected chi connectivity index (χ0v) is 21.7. The molecule has 0 aromatic carbocycles. The molecule has 0 aliphatic heterocycles. The van der Waals surface area contributed by atoms with Crippen molar-refractivity contribution >= 4 is 5.78 Å². The van der Waals surface area contributed by atoms with Gasteiger partial charge in [-0.1, -0.05) is 65.5 Å². The standard InChI is InChI=1S/C30H50O2/c1-6-23(31)18-20(2)8-7-9-21(3)26-12-13-27-25-11-10-22-19-24(32)14-16-29(22,4)28(25)15-17-30(26,27)5/h10,20-21,24-28,32H,6-9,11-19H2,1-5H3/t20?,21?,24-,25-,26+,27-,28-,29-,30+/m0/s1. The summed E-state index contributed by atoms with van der Waals surface area (Å²) < 4.78 is 0. The van der Waals surface area contributed by atoms with Gasteiger partial charge in [-0.2, -0.15) is 0 Å². The molecule has 0 bridgehead atoms. The number of fused-ring (bicyclic) bond motifs is 5. The Kier molecular flexibility index (Phi) is 7.31. The van der Waals surface area contributed by atoms with Crippen LogP contribution >= 0.6 is 0 Å². The van der Waals surface area contributed by atoms with Gasteiger partial charge >= 0.3 is 0 Å². The monoisotopic (exact) mass is 442 g/mol. The highest BCUT2D eigenvalue weighted by atomic mass is 16.3. The van der Waals surface area contributed by atoms with Crippen LogP contribution in [0, 0.1) is 46.3 Å². The van der Waals surface area contributed by atoms with Crippen molar-refractivity contribution in [1.29, 1.82) is 0 Å². The number of hydrogen-bond acceptors (Lipinski definition) is 2. The van der Waals surface area contributed by atoms with Crippen molar-refractivity contribution in [3.05, 3.63) is 11.6 Å². The predicted molar refractivity (Wildman–Crippen MR) is 133 cm³/mol. The van der Waals surface area contributed by atoms with Gasteiger partial charge in [0.1, 0.15) is 5.78 Å². The van der Waals surface area contributed by atoms with Gasteiger partial charge in [-0.25, -0.2) is 0 Å². The number of ketones is 1. The van der Waals surface area contributed by atoms with Crippen molar-refractivity contribution in [1.82, 2.24) is 0 Å². The second-order valence-corrected chi connectivity index (χ2v) is 13.0. The minimum absolute atomic E-state index is 0.0979. The minimum Gasteiger partial charge on any atom is -0.393 e. The van der Waals surface area contributed by atoms with Gasteiger partial charge in [0, 0.05) is 12.8 Å². The molecule has 0 saturated heterocycles. The predicted octanol–water partition coefficient (Wildman–Crippen LogP) is 7.74. The molecule has 0 spiro atoms. The van der Waals surface area contributed by atoms with Crippen LogP contribution in [0.15, 0.2) is 11.6 Å². The number of aliphatic hydroxyl groups is 1. The zero-order chi connectivity index (χ0) is 23.1. The number of rotatable bonds is 8. The molecule has 0 heterocycles. The summed E-state index contributed by atoms with van der Waals surface area (Å²) in [5.41, 5.74) is 2.49. The molecule has 9 atom stereocenters. The van der Waals surface area contributed by atoms with Crippen molar-refractivity contribution in [2.75, 3.05) is 0 Å². The topological polar surface area (TPSA) is 37.3 Å². The molecular weight excluding hydrogens is 392 g/mol. The molecule has 3 saturated carbocycles. The van der Waals surface area contributed by atoms with Crippen molar-refractivity contribution in [2.45, 2.75) is 124 Å². The fourth-order valence-electron chi connectivity index (χ4n) is 9.24. The largest absolute Gasteiger partial charge is 0.393 e. The second kappa shape index (κ2) is 9.55. The first-order valence-electron chi connectivity index (χ1n) is 14.1. The maximum absolute atomic E-state index is 11.8. The Bertz CT molecular complexity index is 710. The average molecular weight is 443 g/mol. The smallest absolute Gasteiger partial charge is 0.132 e. The summed E-state index contributed by atoms with van der Waals surface area (Å²) in [6, 6.07) is 0. The fourth-order valence-corrected chi connectivity index (χ4v) is 9.24. The average Bonchev–Trinajstić information content (AvgIpc) is 3.11. The fraction of sp³-hybridized carbons (Fsp3) is 0.900. The van der Waals surface area contributed by atoms with Gasteiger partial charge in [-0.3, -0.25) is 4.79 Å². The van der Waals surface area contributed by atoms with E-state index in [-0.39, 0.29) is 6.10 Å². The highest BCUT2D eigenvalue weighted by molar-refractivity contribution is 5.78. The van der Waals surface area contributed by atoms with Crippen LogP contribution in [0.1, 0.15) is 118 Å². The van der Waals surface area contributed by atoms with E-state index in [9.17, 15) is 9.90 Å². The van der Waals surface area contributed by atoms with E-state index in [2.05, 4.69) is 33.8 Å². The van der Waals surface area contributed by atoms with Crippen LogP contribution in [0.3, 0.4) is 0 Å². The van der Waals surface area contributed by atoms with Gasteiger partial charge in [-0.05, 0) is 97.7 Å². The molecule has 182 valence electrons. The van der Waals surface area contributed by atoms with Crippen molar-refractivity contribution < 1.29 is 9.90 Å². The normalized spacial score (nSPS) is 42.9. The molecule has 1 N–H and O–H groups in total. The van der Waals surface area contributed by atoms with Gasteiger partial charge in [0.15, 0.2) is 0 Å². The summed E-state index contributed by atoms with van der Waals surface area (Å²) in [6.45, 7) is 12.0. The minimum atomic E-state index is -0.0979. The third-order valence-electron chi connectivity index (χ3n) is 11.2. The van der Waals surface area contributed by atoms with E-state index in [1.54, 1.807) is 5.57 Å². The number of Topliss-reactive ketones (excluding diaryl/α,β-unsaturated/α-hetero) is 1. The van der Waals surface area contributed by atoms with Crippen LogP contribution in [-0.2, 0) is 4.79 Å². The quantitative estimate of drug-likeness (QED) is 0.390. The van der Waals surface area contributed by atoms with Crippen LogP contribution in [0.2, 0.25) is 0 Å². The lowest BCUT2D eigenvalue weighted by Gasteiger charge is -2.58. The number of aliphatic hydroxyl groups excluding tert-OH is 1. The SMILES string of the molecule is CCC(=O)CC(C)CCCC(C)[C@H]1CC[C@H]2[C@@H]3CC=C4C[C@@H](O)CC[C@]4(C)[C@H]3CC[C@]12C. The van der Waals surface area contributed by atoms with E-state index in [1.165, 1.54) is 57.8 Å². The third-order valence-corrected chi connectivity index (χ3v) is 11.2. The highest BCUT2D eigenvalue weighted by Gasteiger charge is 2.59. The maximum Gasteiger partial charge on any atom is 0.132 e. The number of allylic oxidation sites excluding steroid dienone is 1. The van der Waals surface area contributed by atoms with Gasteiger partial charge in [-0.15, -0.1) is 0 Å². The first kappa shape index (κ1) is 24.5. The van der Waals surface area contributed by atoms with E-state index in [0.717, 1.165) is 48.9 Å². The Labute approximate surface area is 198 Å². The molecule has 2 nitrogen and oxygen atoms in total. The van der Waals surface area contributed by atoms with Gasteiger partial charge < -0.3 is 5.11 Å². The number of hydrogen-bond donors (Lipinski definition) is 1. The van der Waals surface area contributed by atoms with E-state index >= 15 is 0 Å². The van der Waals surface area contributed by atoms with Crippen LogP contribution in [-0.4, -0.2) is 17.0 Å². The molecule has 32 heavy (non-hydrogen) atoms. The van der Waals surface area contributed by atoms with Crippen LogP contribution in [0.25, 0.3) is 0 Å². The summed E-state index contributed by atoms with van der Waals surface area (Å²) in [4.78, 5) is 11.8. The van der Waals surface area contributed by atoms with E-state index in [0.29, 0.717) is 29.0 Å². The van der Waals surface area contributed by atoms with Crippen molar-refractivity contribution in [2.24, 2.45) is 46.3 Å². The van der Waals surface area contributed by atoms with Crippen LogP contribution in [0.4, 0.5) is 0 Å². The van der Waals surface area contributed by atoms with E-state index in [4.69, 9.17) is 0 Å². The highest BCUT2D eigenvalue weighted by Crippen LogP contribution is 2.67. The van der Waals surface area contributed by atoms with E-state index < -0.39 is 0 Å². The number of carbonyl (C=O) groups is 1. The Morgan fingerprint density at radius 3 is 2.62 bits per heavy atom. The Morgan fingerprint density at radius 2 is 1.88 bits per heavy atom. The second-order valence-electron chi connectivity index (χ2n) is 13.0. The molecule has 4 aliphatic carbocycles. The maximum atomic E-state index is 11.8. The molecule has 0 aromatic rings. The Balaban J connectivity index is 1.38. The van der Waals surface area contributed by atoms with Gasteiger partial charge in [0.05, 0.1) is 6.10 Å². The molecule has 4 aliphatic rings. The molecule has 0 amide bonds. The van der Waals surface area contributed by atoms with Gasteiger partial charge in [0.25, 0.3) is 0 Å². The Morgan fingerprint density at radius 1 is 1.09 bits per heavy atom. The zero-order valence-electron chi connectivity index (χ0n) is 21.7. The van der Waals surface area contributed by atoms with Crippen LogP contribution < -0.4 is 0 Å². The number of carbonyl (C=O) groups excluding carboxylic acids is 1. The lowest BCUT2D eigenvalue weighted by molar-refractivity contribution is -0.119. The molecular formula is C30H50O2. The summed E-state index contributed by atoms with van der Waals surface area (Å²) in [5, 5.41) is 10.2. The molecule has 2 heteroatoms. The molecule has 0 aromatic heterocycles. The summed E-state index contributed by atoms with van der Waals surface area (Å²) in [5.74, 6) is 5.29. The summed E-state index contributed by atoms with van der Waals surface area (Å²) in [7, 11) is 0. The molecule has 2 unspecified atom stereocenters. The van der Waals surface area contributed by atoms with E-state index in [1.807, 2.05) is 6.92 Å². The van der Waals surface area contributed by atoms with Crippen molar-refractivity contribution in [3.63, 3.8) is 0 Å². The molecule has 0 radical (unpaired) electrons. The summed E-state index contributed by atoms with van der Waals surface area (Å²) in [6.07, 6.45) is 17.9. The first-order chi connectivity index (χ1) is 15.2. The molecule has 4 rings (SSSR count). The molecule has 3 fully saturated rings. The lowest BCUT2D eigenvalue weighted by atomic mass is 9.47. The first-order valence-corrected chi connectivity index (χ1v) is 14.1.